The highest BCUT2D eigenvalue weighted by Gasteiger charge is 2.28. The van der Waals surface area contributed by atoms with Crippen molar-refractivity contribution in [2.75, 3.05) is 19.7 Å². The summed E-state index contributed by atoms with van der Waals surface area (Å²) in [5.41, 5.74) is 0.724. The lowest BCUT2D eigenvalue weighted by atomic mass is 10.1. The predicted molar refractivity (Wildman–Crippen MR) is 114 cm³/mol. The molecule has 1 aromatic rings. The van der Waals surface area contributed by atoms with Crippen molar-refractivity contribution in [1.29, 1.82) is 0 Å². The lowest BCUT2D eigenvalue weighted by Crippen LogP contribution is -2.37. The first kappa shape index (κ1) is 22.7. The number of benzene rings is 1. The van der Waals surface area contributed by atoms with Crippen LogP contribution in [0.2, 0.25) is 0 Å². The summed E-state index contributed by atoms with van der Waals surface area (Å²) >= 11 is 0. The van der Waals surface area contributed by atoms with Gasteiger partial charge in [-0.25, -0.2) is 13.2 Å². The summed E-state index contributed by atoms with van der Waals surface area (Å²) in [5, 5.41) is 2.93. The second-order valence-electron chi connectivity index (χ2n) is 8.28. The van der Waals surface area contributed by atoms with Crippen LogP contribution in [0.25, 0.3) is 0 Å². The molecule has 30 heavy (non-hydrogen) atoms. The number of ether oxygens (including phenoxy) is 1. The molecular formula is C22H32N2O5S. The lowest BCUT2D eigenvalue weighted by molar-refractivity contribution is -0.125. The van der Waals surface area contributed by atoms with Crippen molar-refractivity contribution in [2.24, 2.45) is 0 Å². The van der Waals surface area contributed by atoms with Crippen LogP contribution in [0.5, 0.6) is 0 Å². The number of carbonyl (C=O) groups is 2. The third-order valence-electron chi connectivity index (χ3n) is 5.91. The smallest absolute Gasteiger partial charge is 0.338 e. The zero-order valence-electron chi connectivity index (χ0n) is 17.7. The molecule has 1 aliphatic heterocycles. The minimum atomic E-state index is -3.66. The first-order chi connectivity index (χ1) is 14.4. The van der Waals surface area contributed by atoms with E-state index in [-0.39, 0.29) is 29.0 Å². The summed E-state index contributed by atoms with van der Waals surface area (Å²) in [6.45, 7) is 2.35. The van der Waals surface area contributed by atoms with Crippen LogP contribution in [0.3, 0.4) is 0 Å². The summed E-state index contributed by atoms with van der Waals surface area (Å²) in [7, 11) is -3.66. The van der Waals surface area contributed by atoms with Gasteiger partial charge in [0.25, 0.3) is 5.91 Å². The predicted octanol–water partition coefficient (Wildman–Crippen LogP) is 3.17. The summed E-state index contributed by atoms with van der Waals surface area (Å²) in [6.07, 6.45) is 9.21. The molecule has 1 aromatic carbocycles. The van der Waals surface area contributed by atoms with Crippen molar-refractivity contribution in [3.8, 4) is 0 Å². The third kappa shape index (κ3) is 5.82. The van der Waals surface area contributed by atoms with Crippen molar-refractivity contribution in [2.45, 2.75) is 75.6 Å². The van der Waals surface area contributed by atoms with Gasteiger partial charge in [-0.2, -0.15) is 4.31 Å². The number of aryl methyl sites for hydroxylation is 1. The van der Waals surface area contributed by atoms with Crippen LogP contribution in [0.4, 0.5) is 0 Å². The fourth-order valence-electron chi connectivity index (χ4n) is 4.16. The molecule has 2 fully saturated rings. The number of sulfonamides is 1. The van der Waals surface area contributed by atoms with Gasteiger partial charge in [-0.05, 0) is 50.3 Å². The van der Waals surface area contributed by atoms with Crippen LogP contribution in [-0.2, 0) is 19.6 Å². The molecule has 166 valence electrons. The van der Waals surface area contributed by atoms with Crippen molar-refractivity contribution in [3.63, 3.8) is 0 Å². The Morgan fingerprint density at radius 3 is 2.33 bits per heavy atom. The Kier molecular flexibility index (Phi) is 7.88. The van der Waals surface area contributed by atoms with Gasteiger partial charge in [-0.15, -0.1) is 0 Å². The van der Waals surface area contributed by atoms with Crippen LogP contribution in [0.1, 0.15) is 73.7 Å². The lowest BCUT2D eigenvalue weighted by Gasteiger charge is -2.26. The maximum Gasteiger partial charge on any atom is 0.338 e. The summed E-state index contributed by atoms with van der Waals surface area (Å²) in [5.74, 6) is -1.01. The SMILES string of the molecule is Cc1ccc(C(=O)OCC(=O)NC2CCCCCC2)cc1S(=O)(=O)N1CCCCC1. The van der Waals surface area contributed by atoms with Crippen molar-refractivity contribution >= 4 is 21.9 Å². The van der Waals surface area contributed by atoms with Crippen molar-refractivity contribution in [3.05, 3.63) is 29.3 Å². The Bertz CT molecular complexity index is 854. The van der Waals surface area contributed by atoms with E-state index in [0.717, 1.165) is 44.9 Å². The van der Waals surface area contributed by atoms with Gasteiger partial charge in [0.1, 0.15) is 0 Å². The number of amides is 1. The molecule has 1 aliphatic carbocycles. The van der Waals surface area contributed by atoms with E-state index < -0.39 is 16.0 Å². The molecule has 1 saturated carbocycles. The Balaban J connectivity index is 1.62. The van der Waals surface area contributed by atoms with Crippen molar-refractivity contribution < 1.29 is 22.7 Å². The minimum absolute atomic E-state index is 0.127. The number of hydrogen-bond donors (Lipinski definition) is 1. The second kappa shape index (κ2) is 10.4. The van der Waals surface area contributed by atoms with Crippen LogP contribution in [0, 0.1) is 6.92 Å². The highest BCUT2D eigenvalue weighted by molar-refractivity contribution is 7.89. The number of nitrogens with one attached hydrogen (secondary N) is 1. The molecule has 2 aliphatic rings. The molecule has 7 nitrogen and oxygen atoms in total. The van der Waals surface area contributed by atoms with Gasteiger partial charge in [0.15, 0.2) is 6.61 Å². The normalized spacial score (nSPS) is 19.1. The molecule has 3 rings (SSSR count). The second-order valence-corrected chi connectivity index (χ2v) is 10.2. The Labute approximate surface area is 179 Å². The van der Waals surface area contributed by atoms with Gasteiger partial charge in [0.05, 0.1) is 10.5 Å². The van der Waals surface area contributed by atoms with E-state index in [4.69, 9.17) is 4.74 Å². The van der Waals surface area contributed by atoms with Gasteiger partial charge < -0.3 is 10.1 Å². The van der Waals surface area contributed by atoms with E-state index in [1.807, 2.05) is 0 Å². The summed E-state index contributed by atoms with van der Waals surface area (Å²) < 4.78 is 32.7. The van der Waals surface area contributed by atoms with Gasteiger partial charge in [-0.3, -0.25) is 4.79 Å². The molecule has 1 heterocycles. The topological polar surface area (TPSA) is 92.8 Å². The zero-order valence-corrected chi connectivity index (χ0v) is 18.5. The molecule has 1 N–H and O–H groups in total. The number of hydrogen-bond acceptors (Lipinski definition) is 5. The van der Waals surface area contributed by atoms with E-state index in [9.17, 15) is 18.0 Å². The Morgan fingerprint density at radius 2 is 1.67 bits per heavy atom. The number of piperidine rings is 1. The van der Waals surface area contributed by atoms with Crippen LogP contribution < -0.4 is 5.32 Å². The minimum Gasteiger partial charge on any atom is -0.452 e. The molecule has 8 heteroatoms. The maximum atomic E-state index is 13.0. The summed E-state index contributed by atoms with van der Waals surface area (Å²) in [6, 6.07) is 4.65. The average Bonchev–Trinajstić information content (AvgIpc) is 3.01. The molecular weight excluding hydrogens is 404 g/mol. The molecule has 0 radical (unpaired) electrons. The molecule has 0 unspecified atom stereocenters. The largest absolute Gasteiger partial charge is 0.452 e. The van der Waals surface area contributed by atoms with Gasteiger partial charge in [0, 0.05) is 19.1 Å². The first-order valence-corrected chi connectivity index (χ1v) is 12.4. The number of nitrogens with zero attached hydrogens (tertiary/aromatic N) is 1. The zero-order chi connectivity index (χ0) is 21.6. The fraction of sp³-hybridized carbons (Fsp3) is 0.636. The van der Waals surface area contributed by atoms with Crippen LogP contribution >= 0.6 is 0 Å². The Morgan fingerprint density at radius 1 is 1.03 bits per heavy atom. The van der Waals surface area contributed by atoms with E-state index in [2.05, 4.69) is 5.32 Å². The molecule has 0 bridgehead atoms. The highest BCUT2D eigenvalue weighted by Crippen LogP contribution is 2.24. The van der Waals surface area contributed by atoms with E-state index in [1.165, 1.54) is 29.3 Å². The van der Waals surface area contributed by atoms with Gasteiger partial charge >= 0.3 is 5.97 Å². The van der Waals surface area contributed by atoms with Gasteiger partial charge in [0.2, 0.25) is 10.0 Å². The molecule has 1 amide bonds. The maximum absolute atomic E-state index is 13.0. The van der Waals surface area contributed by atoms with Crippen molar-refractivity contribution in [1.82, 2.24) is 9.62 Å². The molecule has 0 spiro atoms. The number of rotatable bonds is 6. The van der Waals surface area contributed by atoms with E-state index in [1.54, 1.807) is 13.0 Å². The number of esters is 1. The van der Waals surface area contributed by atoms with Crippen LogP contribution in [-0.4, -0.2) is 50.3 Å². The standard InChI is InChI=1S/C22H32N2O5S/c1-17-11-12-18(15-20(17)30(27,28)24-13-7-4-8-14-24)22(26)29-16-21(25)23-19-9-5-2-3-6-10-19/h11-12,15,19H,2-10,13-14,16H2,1H3,(H,23,25). The Hall–Kier alpha value is -1.93. The highest BCUT2D eigenvalue weighted by atomic mass is 32.2. The van der Waals surface area contributed by atoms with Gasteiger partial charge in [-0.1, -0.05) is 38.2 Å². The molecule has 0 aromatic heterocycles. The average molecular weight is 437 g/mol. The monoisotopic (exact) mass is 436 g/mol. The molecule has 0 atom stereocenters. The van der Waals surface area contributed by atoms with E-state index >= 15 is 0 Å². The van der Waals surface area contributed by atoms with Crippen LogP contribution in [0.15, 0.2) is 23.1 Å². The number of carbonyl (C=O) groups excluding carboxylic acids is 2. The van der Waals surface area contributed by atoms with E-state index in [0.29, 0.717) is 18.7 Å². The third-order valence-corrected chi connectivity index (χ3v) is 7.95. The first-order valence-electron chi connectivity index (χ1n) is 11.0. The molecule has 1 saturated heterocycles. The fourth-order valence-corrected chi connectivity index (χ4v) is 5.92. The quantitative estimate of drug-likeness (QED) is 0.546. The summed E-state index contributed by atoms with van der Waals surface area (Å²) in [4.78, 5) is 24.7.